The Morgan fingerprint density at radius 2 is 1.83 bits per heavy atom. The van der Waals surface area contributed by atoms with Gasteiger partial charge in [-0.3, -0.25) is 0 Å². The van der Waals surface area contributed by atoms with E-state index in [0.717, 1.165) is 44.3 Å². The van der Waals surface area contributed by atoms with Gasteiger partial charge in [-0.1, -0.05) is 29.8 Å². The average molecular weight is 337 g/mol. The summed E-state index contributed by atoms with van der Waals surface area (Å²) in [6.07, 6.45) is 3.31. The second-order valence-corrected chi connectivity index (χ2v) is 9.69. The van der Waals surface area contributed by atoms with Gasteiger partial charge in [0.2, 0.25) is 0 Å². The van der Waals surface area contributed by atoms with Crippen molar-refractivity contribution in [3.8, 4) is 0 Å². The van der Waals surface area contributed by atoms with Gasteiger partial charge in [-0.05, 0) is 56.7 Å². The van der Waals surface area contributed by atoms with Crippen LogP contribution in [0.25, 0.3) is 0 Å². The van der Waals surface area contributed by atoms with Crippen LogP contribution in [0.5, 0.6) is 0 Å². The molecule has 2 aliphatic heterocycles. The Labute approximate surface area is 139 Å². The molecule has 0 aromatic heterocycles. The lowest BCUT2D eigenvalue weighted by atomic mass is 9.74. The topological polar surface area (TPSA) is 57.6 Å². The van der Waals surface area contributed by atoms with Crippen molar-refractivity contribution >= 4 is 9.84 Å². The van der Waals surface area contributed by atoms with Crippen LogP contribution in [0.15, 0.2) is 24.3 Å². The fourth-order valence-corrected chi connectivity index (χ4v) is 5.60. The molecular weight excluding hydrogens is 310 g/mol. The first kappa shape index (κ1) is 16.9. The van der Waals surface area contributed by atoms with E-state index in [1.165, 1.54) is 5.56 Å². The fraction of sp³-hybridized carbons (Fsp3) is 0.667. The first-order valence-corrected chi connectivity index (χ1v) is 10.4. The number of rotatable bonds is 3. The van der Waals surface area contributed by atoms with Crippen molar-refractivity contribution in [3.63, 3.8) is 0 Å². The summed E-state index contributed by atoms with van der Waals surface area (Å²) in [6.45, 7) is 4.63. The molecule has 2 saturated heterocycles. The van der Waals surface area contributed by atoms with E-state index >= 15 is 0 Å². The predicted molar refractivity (Wildman–Crippen MR) is 92.1 cm³/mol. The van der Waals surface area contributed by atoms with Gasteiger partial charge >= 0.3 is 0 Å². The molecule has 128 valence electrons. The highest BCUT2D eigenvalue weighted by atomic mass is 32.2. The molecule has 0 saturated carbocycles. The number of hydrogen-bond acceptors (Lipinski definition) is 4. The van der Waals surface area contributed by atoms with E-state index in [9.17, 15) is 13.5 Å². The normalized spacial score (nSPS) is 25.3. The first-order valence-electron chi connectivity index (χ1n) is 8.55. The van der Waals surface area contributed by atoms with Gasteiger partial charge in [-0.15, -0.1) is 0 Å². The van der Waals surface area contributed by atoms with Gasteiger partial charge in [0.05, 0.1) is 17.6 Å². The minimum absolute atomic E-state index is 0.232. The van der Waals surface area contributed by atoms with Gasteiger partial charge in [0, 0.05) is 6.54 Å². The Bertz CT molecular complexity index is 632. The van der Waals surface area contributed by atoms with Gasteiger partial charge in [-0.25, -0.2) is 8.42 Å². The number of aliphatic hydroxyl groups is 1. The highest BCUT2D eigenvalue weighted by Gasteiger charge is 2.39. The molecular formula is C18H27NO3S. The molecule has 2 heterocycles. The van der Waals surface area contributed by atoms with E-state index in [1.807, 2.05) is 31.2 Å². The third-order valence-electron chi connectivity index (χ3n) is 5.66. The van der Waals surface area contributed by atoms with Gasteiger partial charge in [0.25, 0.3) is 0 Å². The molecule has 0 bridgehead atoms. The number of β-amino-alcohol motifs (C(OH)–C–C–N with tert-alkyl or cyclic N) is 1. The van der Waals surface area contributed by atoms with Crippen LogP contribution in [0.1, 0.15) is 42.9 Å². The van der Waals surface area contributed by atoms with Crippen LogP contribution in [0.2, 0.25) is 0 Å². The minimum Gasteiger partial charge on any atom is -0.387 e. The summed E-state index contributed by atoms with van der Waals surface area (Å²) in [5.74, 6) is 0.720. The molecule has 1 unspecified atom stereocenters. The molecule has 1 aromatic carbocycles. The van der Waals surface area contributed by atoms with Crippen molar-refractivity contribution < 1.29 is 13.5 Å². The molecule has 5 heteroatoms. The third-order valence-corrected chi connectivity index (χ3v) is 7.31. The Morgan fingerprint density at radius 3 is 2.43 bits per heavy atom. The van der Waals surface area contributed by atoms with Gasteiger partial charge in [0.1, 0.15) is 9.84 Å². The lowest BCUT2D eigenvalue weighted by molar-refractivity contribution is 0.0522. The van der Waals surface area contributed by atoms with E-state index in [1.54, 1.807) is 0 Å². The molecule has 23 heavy (non-hydrogen) atoms. The molecule has 1 atom stereocenters. The molecule has 1 N–H and O–H groups in total. The highest BCUT2D eigenvalue weighted by molar-refractivity contribution is 7.91. The van der Waals surface area contributed by atoms with Crippen LogP contribution < -0.4 is 0 Å². The SMILES string of the molecule is Cc1cccc(C(O)CN2CCC3(CC2)CCS(=O)(=O)CC3)c1. The number of sulfone groups is 1. The van der Waals surface area contributed by atoms with E-state index in [2.05, 4.69) is 4.90 Å². The molecule has 1 aromatic rings. The smallest absolute Gasteiger partial charge is 0.150 e. The lowest BCUT2D eigenvalue weighted by Crippen LogP contribution is -2.45. The summed E-state index contributed by atoms with van der Waals surface area (Å²) in [4.78, 5) is 2.32. The van der Waals surface area contributed by atoms with E-state index in [0.29, 0.717) is 18.1 Å². The molecule has 0 aliphatic carbocycles. The maximum absolute atomic E-state index is 11.6. The number of benzene rings is 1. The number of aliphatic hydroxyl groups excluding tert-OH is 1. The van der Waals surface area contributed by atoms with Gasteiger partial charge in [-0.2, -0.15) is 0 Å². The zero-order valence-corrected chi connectivity index (χ0v) is 14.7. The number of piperidine rings is 1. The fourth-order valence-electron chi connectivity index (χ4n) is 3.91. The van der Waals surface area contributed by atoms with Crippen molar-refractivity contribution in [1.29, 1.82) is 0 Å². The summed E-state index contributed by atoms with van der Waals surface area (Å²) in [5, 5.41) is 10.4. The Balaban J connectivity index is 1.53. The van der Waals surface area contributed by atoms with Crippen molar-refractivity contribution in [1.82, 2.24) is 4.90 Å². The van der Waals surface area contributed by atoms with E-state index in [4.69, 9.17) is 0 Å². The number of hydrogen-bond donors (Lipinski definition) is 1. The largest absolute Gasteiger partial charge is 0.387 e. The summed E-state index contributed by atoms with van der Waals surface area (Å²) >= 11 is 0. The quantitative estimate of drug-likeness (QED) is 0.920. The minimum atomic E-state index is -2.78. The Kier molecular flexibility index (Phi) is 4.81. The van der Waals surface area contributed by atoms with Crippen LogP contribution in [0, 0.1) is 12.3 Å². The average Bonchev–Trinajstić information content (AvgIpc) is 2.53. The maximum Gasteiger partial charge on any atom is 0.150 e. The number of likely N-dealkylation sites (tertiary alicyclic amines) is 1. The Hall–Kier alpha value is -0.910. The molecule has 4 nitrogen and oxygen atoms in total. The van der Waals surface area contributed by atoms with E-state index < -0.39 is 15.9 Å². The summed E-state index contributed by atoms with van der Waals surface area (Å²) in [7, 11) is -2.78. The number of aryl methyl sites for hydroxylation is 1. The highest BCUT2D eigenvalue weighted by Crippen LogP contribution is 2.42. The molecule has 1 spiro atoms. The maximum atomic E-state index is 11.6. The first-order chi connectivity index (χ1) is 10.9. The second-order valence-electron chi connectivity index (χ2n) is 7.38. The van der Waals surface area contributed by atoms with Crippen LogP contribution in [0.4, 0.5) is 0 Å². The summed E-state index contributed by atoms with van der Waals surface area (Å²) < 4.78 is 23.3. The molecule has 3 rings (SSSR count). The monoisotopic (exact) mass is 337 g/mol. The standard InChI is InChI=1S/C18H27NO3S/c1-15-3-2-4-16(13-15)17(20)14-19-9-5-18(6-10-19)7-11-23(21,22)12-8-18/h2-4,13,17,20H,5-12,14H2,1H3. The van der Waals surface area contributed by atoms with Crippen LogP contribution in [-0.4, -0.2) is 49.6 Å². The molecule has 2 fully saturated rings. The van der Waals surface area contributed by atoms with Gasteiger partial charge < -0.3 is 10.0 Å². The summed E-state index contributed by atoms with van der Waals surface area (Å²) in [6, 6.07) is 8.05. The van der Waals surface area contributed by atoms with Crippen LogP contribution in [-0.2, 0) is 9.84 Å². The van der Waals surface area contributed by atoms with E-state index in [-0.39, 0.29) is 5.41 Å². The summed E-state index contributed by atoms with van der Waals surface area (Å²) in [5.41, 5.74) is 2.38. The molecule has 2 aliphatic rings. The molecule has 0 amide bonds. The zero-order chi connectivity index (χ0) is 16.5. The predicted octanol–water partition coefficient (Wildman–Crippen LogP) is 2.32. The Morgan fingerprint density at radius 1 is 1.17 bits per heavy atom. The van der Waals surface area contributed by atoms with Crippen LogP contribution >= 0.6 is 0 Å². The second kappa shape index (κ2) is 6.54. The van der Waals surface area contributed by atoms with Crippen molar-refractivity contribution in [3.05, 3.63) is 35.4 Å². The molecule has 0 radical (unpaired) electrons. The van der Waals surface area contributed by atoms with Crippen LogP contribution in [0.3, 0.4) is 0 Å². The lowest BCUT2D eigenvalue weighted by Gasteiger charge is -2.44. The van der Waals surface area contributed by atoms with Crippen molar-refractivity contribution in [2.24, 2.45) is 5.41 Å². The number of nitrogens with zero attached hydrogens (tertiary/aromatic N) is 1. The zero-order valence-electron chi connectivity index (χ0n) is 13.9. The van der Waals surface area contributed by atoms with Gasteiger partial charge in [0.15, 0.2) is 0 Å². The van der Waals surface area contributed by atoms with Crippen molar-refractivity contribution in [2.45, 2.75) is 38.7 Å². The van der Waals surface area contributed by atoms with Crippen molar-refractivity contribution in [2.75, 3.05) is 31.1 Å². The third kappa shape index (κ3) is 4.14.